The van der Waals surface area contributed by atoms with E-state index < -0.39 is 17.1 Å². The lowest BCUT2D eigenvalue weighted by atomic mass is 10.2. The van der Waals surface area contributed by atoms with E-state index in [1.165, 1.54) is 31.4 Å². The predicted octanol–water partition coefficient (Wildman–Crippen LogP) is 5.02. The van der Waals surface area contributed by atoms with Crippen LogP contribution in [-0.4, -0.2) is 29.1 Å². The van der Waals surface area contributed by atoms with Crippen molar-refractivity contribution < 1.29 is 32.7 Å². The number of thioether (sulfide) groups is 1. The topological polar surface area (TPSA) is 86.0 Å². The minimum Gasteiger partial charge on any atom is -0.489 e. The van der Waals surface area contributed by atoms with Crippen LogP contribution in [0.2, 0.25) is 0 Å². The second-order valence-electron chi connectivity index (χ2n) is 7.01. The average Bonchev–Trinajstić information content (AvgIpc) is 3.39. The molecule has 0 atom stereocenters. The summed E-state index contributed by atoms with van der Waals surface area (Å²) < 4.78 is 28.7. The van der Waals surface area contributed by atoms with Crippen LogP contribution in [-0.2, 0) is 22.7 Å². The Hall–Kier alpha value is -3.85. The summed E-state index contributed by atoms with van der Waals surface area (Å²) in [7, 11) is 1.23. The molecule has 3 aromatic rings. The number of hydrogen-bond acceptors (Lipinski definition) is 7. The molecule has 0 bridgehead atoms. The third kappa shape index (κ3) is 5.32. The molecule has 0 unspecified atom stereocenters. The smallest absolute Gasteiger partial charge is 0.373 e. The Balaban J connectivity index is 1.43. The second kappa shape index (κ2) is 9.74. The van der Waals surface area contributed by atoms with Crippen LogP contribution in [0.3, 0.4) is 0 Å². The highest BCUT2D eigenvalue weighted by Gasteiger charge is 2.35. The van der Waals surface area contributed by atoms with Crippen molar-refractivity contribution in [2.75, 3.05) is 7.11 Å². The maximum atomic E-state index is 13.0. The van der Waals surface area contributed by atoms with Gasteiger partial charge in [0.25, 0.3) is 11.1 Å². The van der Waals surface area contributed by atoms with Crippen molar-refractivity contribution in [2.45, 2.75) is 13.2 Å². The van der Waals surface area contributed by atoms with Crippen LogP contribution in [0.5, 0.6) is 5.75 Å². The quantitative estimate of drug-likeness (QED) is 0.356. The number of carbonyl (C=O) groups is 3. The van der Waals surface area contributed by atoms with Gasteiger partial charge in [0, 0.05) is 0 Å². The molecular formula is C24H18FNO6S. The van der Waals surface area contributed by atoms with Gasteiger partial charge in [-0.1, -0.05) is 24.3 Å². The molecule has 0 aliphatic carbocycles. The van der Waals surface area contributed by atoms with Crippen LogP contribution in [0.4, 0.5) is 9.18 Å². The van der Waals surface area contributed by atoms with Crippen molar-refractivity contribution in [2.24, 2.45) is 0 Å². The number of carbonyl (C=O) groups excluding carboxylic acids is 3. The number of hydrogen-bond donors (Lipinski definition) is 0. The van der Waals surface area contributed by atoms with Crippen LogP contribution in [0.25, 0.3) is 6.08 Å². The van der Waals surface area contributed by atoms with Crippen LogP contribution in [0.15, 0.2) is 70.0 Å². The van der Waals surface area contributed by atoms with Gasteiger partial charge in [0.05, 0.1) is 18.6 Å². The first-order valence-electron chi connectivity index (χ1n) is 9.82. The van der Waals surface area contributed by atoms with Gasteiger partial charge >= 0.3 is 5.97 Å². The highest BCUT2D eigenvalue weighted by Crippen LogP contribution is 2.34. The molecule has 0 N–H and O–H groups in total. The molecule has 0 spiro atoms. The first kappa shape index (κ1) is 22.3. The summed E-state index contributed by atoms with van der Waals surface area (Å²) in [6.45, 7) is 0.163. The highest BCUT2D eigenvalue weighted by atomic mass is 32.2. The minimum atomic E-state index is -0.642. The molecule has 7 nitrogen and oxygen atoms in total. The molecule has 1 fully saturated rings. The van der Waals surface area contributed by atoms with Crippen LogP contribution in [0, 0.1) is 5.82 Å². The maximum absolute atomic E-state index is 13.0. The van der Waals surface area contributed by atoms with E-state index in [-0.39, 0.29) is 35.4 Å². The normalized spacial score (nSPS) is 14.7. The zero-order valence-electron chi connectivity index (χ0n) is 17.4. The van der Waals surface area contributed by atoms with E-state index in [1.807, 2.05) is 0 Å². The summed E-state index contributed by atoms with van der Waals surface area (Å²) in [4.78, 5) is 38.0. The Labute approximate surface area is 192 Å². The molecular weight excluding hydrogens is 449 g/mol. The van der Waals surface area contributed by atoms with E-state index in [0.717, 1.165) is 22.2 Å². The van der Waals surface area contributed by atoms with Crippen molar-refractivity contribution in [3.8, 4) is 5.75 Å². The van der Waals surface area contributed by atoms with Crippen LogP contribution < -0.4 is 4.74 Å². The molecule has 0 saturated carbocycles. The zero-order valence-corrected chi connectivity index (χ0v) is 18.3. The molecule has 168 valence electrons. The molecule has 9 heteroatoms. The second-order valence-corrected chi connectivity index (χ2v) is 8.01. The van der Waals surface area contributed by atoms with Crippen molar-refractivity contribution >= 4 is 35.0 Å². The van der Waals surface area contributed by atoms with Crippen molar-refractivity contribution in [1.29, 1.82) is 0 Å². The lowest BCUT2D eigenvalue weighted by Crippen LogP contribution is -2.27. The SMILES string of the molecule is COC(=O)c1ccc(CN2C(=O)SC(=Cc3cccc(OCc4ccc(F)cc4)c3)C2=O)o1. The largest absolute Gasteiger partial charge is 0.489 e. The van der Waals surface area contributed by atoms with E-state index in [0.29, 0.717) is 11.3 Å². The standard InChI is InChI=1S/C24H18FNO6S/c1-30-23(28)20-10-9-19(32-20)13-26-22(27)21(33-24(26)29)12-16-3-2-4-18(11-16)31-14-15-5-7-17(25)8-6-15/h2-12H,13-14H2,1H3. The van der Waals surface area contributed by atoms with Crippen LogP contribution >= 0.6 is 11.8 Å². The van der Waals surface area contributed by atoms with Gasteiger partial charge in [-0.05, 0) is 65.4 Å². The van der Waals surface area contributed by atoms with Gasteiger partial charge in [-0.25, -0.2) is 9.18 Å². The highest BCUT2D eigenvalue weighted by molar-refractivity contribution is 8.18. The summed E-state index contributed by atoms with van der Waals surface area (Å²) in [6, 6.07) is 16.0. The van der Waals surface area contributed by atoms with Gasteiger partial charge in [0.1, 0.15) is 23.9 Å². The number of ether oxygens (including phenoxy) is 2. The Morgan fingerprint density at radius 1 is 1.12 bits per heavy atom. The van der Waals surface area contributed by atoms with Crippen molar-refractivity contribution in [3.63, 3.8) is 0 Å². The number of methoxy groups -OCH3 is 1. The number of amides is 2. The Morgan fingerprint density at radius 2 is 1.91 bits per heavy atom. The average molecular weight is 467 g/mol. The fourth-order valence-corrected chi connectivity index (χ4v) is 3.90. The number of halogens is 1. The van der Waals surface area contributed by atoms with E-state index >= 15 is 0 Å². The van der Waals surface area contributed by atoms with Gasteiger partial charge in [-0.2, -0.15) is 0 Å². The minimum absolute atomic E-state index is 0.00698. The van der Waals surface area contributed by atoms with Gasteiger partial charge < -0.3 is 13.9 Å². The maximum Gasteiger partial charge on any atom is 0.373 e. The first-order chi connectivity index (χ1) is 15.9. The molecule has 0 radical (unpaired) electrons. The third-order valence-electron chi connectivity index (χ3n) is 4.71. The molecule has 2 aromatic carbocycles. The fraction of sp³-hybridized carbons (Fsp3) is 0.125. The Morgan fingerprint density at radius 3 is 2.67 bits per heavy atom. The third-order valence-corrected chi connectivity index (χ3v) is 5.62. The van der Waals surface area contributed by atoms with Gasteiger partial charge in [0.15, 0.2) is 0 Å². The summed E-state index contributed by atoms with van der Waals surface area (Å²) >= 11 is 0.820. The molecule has 33 heavy (non-hydrogen) atoms. The summed E-state index contributed by atoms with van der Waals surface area (Å²) in [5.74, 6) is -0.568. The van der Waals surface area contributed by atoms with Gasteiger partial charge in [-0.15, -0.1) is 0 Å². The zero-order chi connectivity index (χ0) is 23.4. The number of benzene rings is 2. The molecule has 1 aliphatic rings. The first-order valence-corrected chi connectivity index (χ1v) is 10.6. The van der Waals surface area contributed by atoms with E-state index in [4.69, 9.17) is 9.15 Å². The van der Waals surface area contributed by atoms with E-state index in [1.54, 1.807) is 42.5 Å². The Bertz CT molecular complexity index is 1230. The molecule has 4 rings (SSSR count). The predicted molar refractivity (Wildman–Crippen MR) is 119 cm³/mol. The summed E-state index contributed by atoms with van der Waals surface area (Å²) in [6.07, 6.45) is 1.61. The van der Waals surface area contributed by atoms with E-state index in [2.05, 4.69) is 4.74 Å². The number of furan rings is 1. The van der Waals surface area contributed by atoms with Crippen molar-refractivity contribution in [3.05, 3.63) is 94.0 Å². The molecule has 2 heterocycles. The lowest BCUT2D eigenvalue weighted by Gasteiger charge is -2.10. The molecule has 1 saturated heterocycles. The van der Waals surface area contributed by atoms with E-state index in [9.17, 15) is 18.8 Å². The van der Waals surface area contributed by atoms with Gasteiger partial charge in [0.2, 0.25) is 5.76 Å². The lowest BCUT2D eigenvalue weighted by molar-refractivity contribution is -0.123. The number of nitrogens with zero attached hydrogens (tertiary/aromatic N) is 1. The van der Waals surface area contributed by atoms with Crippen LogP contribution in [0.1, 0.15) is 27.4 Å². The number of imide groups is 1. The number of esters is 1. The number of rotatable bonds is 7. The van der Waals surface area contributed by atoms with Crippen molar-refractivity contribution in [1.82, 2.24) is 4.90 Å². The summed E-state index contributed by atoms with van der Waals surface area (Å²) in [5.41, 5.74) is 1.50. The molecule has 1 aromatic heterocycles. The van der Waals surface area contributed by atoms with Gasteiger partial charge in [-0.3, -0.25) is 14.5 Å². The fourth-order valence-electron chi connectivity index (χ4n) is 3.06. The molecule has 1 aliphatic heterocycles. The Kier molecular flexibility index (Phi) is 6.60. The summed E-state index contributed by atoms with van der Waals surface area (Å²) in [5, 5.41) is -0.439. The monoisotopic (exact) mass is 467 g/mol. The molecule has 2 amide bonds.